The summed E-state index contributed by atoms with van der Waals surface area (Å²) in [7, 11) is 0. The molecule has 2 fully saturated rings. The molecule has 2 atom stereocenters. The molecule has 2 heterocycles. The maximum absolute atomic E-state index is 14.1. The summed E-state index contributed by atoms with van der Waals surface area (Å²) in [6.45, 7) is 0. The van der Waals surface area contributed by atoms with Gasteiger partial charge < -0.3 is 0 Å². The van der Waals surface area contributed by atoms with E-state index in [4.69, 9.17) is 4.98 Å². The number of hydrogen-bond acceptors (Lipinski definition) is 5. The molecule has 1 aliphatic heterocycles. The number of fused-ring (bicyclic) bond motifs is 3. The van der Waals surface area contributed by atoms with Gasteiger partial charge >= 0.3 is 0 Å². The van der Waals surface area contributed by atoms with E-state index in [9.17, 15) is 14.0 Å². The van der Waals surface area contributed by atoms with Crippen molar-refractivity contribution in [3.8, 4) is 0 Å². The minimum atomic E-state index is -0.210. The minimum absolute atomic E-state index is 0.0497. The molecule has 1 saturated heterocycles. The second-order valence-corrected chi connectivity index (χ2v) is 10.9. The Balaban J connectivity index is 1.26. The van der Waals surface area contributed by atoms with Crippen molar-refractivity contribution < 1.29 is 14.0 Å². The van der Waals surface area contributed by atoms with Crippen LogP contribution in [0.3, 0.4) is 0 Å². The standard InChI is InChI=1S/C26H21FN2O2S2/c27-21-11-9-15(17-5-1-2-6-18(17)21)14-32-26-28-22-12-10-16(13-23(22)33-26)29-24(30)19-7-3-4-8-20(19)25(29)31/h1-2,5-6,9-13,19-20H,3-4,7-8,14H2/t19-,20+. The van der Waals surface area contributed by atoms with E-state index in [1.165, 1.54) is 11.0 Å². The Morgan fingerprint density at radius 2 is 1.70 bits per heavy atom. The molecule has 166 valence electrons. The number of hydrogen-bond donors (Lipinski definition) is 0. The van der Waals surface area contributed by atoms with Crippen LogP contribution in [0.1, 0.15) is 31.2 Å². The van der Waals surface area contributed by atoms with Gasteiger partial charge in [0.25, 0.3) is 0 Å². The van der Waals surface area contributed by atoms with Crippen LogP contribution in [0, 0.1) is 17.7 Å². The molecule has 0 spiro atoms. The zero-order chi connectivity index (χ0) is 22.5. The summed E-state index contributed by atoms with van der Waals surface area (Å²) in [5, 5.41) is 1.55. The fourth-order valence-corrected chi connectivity index (χ4v) is 7.21. The zero-order valence-electron chi connectivity index (χ0n) is 17.8. The molecule has 33 heavy (non-hydrogen) atoms. The molecule has 4 nitrogen and oxygen atoms in total. The first kappa shape index (κ1) is 20.8. The van der Waals surface area contributed by atoms with Crippen LogP contribution >= 0.6 is 23.1 Å². The summed E-state index contributed by atoms with van der Waals surface area (Å²) in [5.74, 6) is 0.0652. The predicted molar refractivity (Wildman–Crippen MR) is 131 cm³/mol. The van der Waals surface area contributed by atoms with E-state index in [1.807, 2.05) is 42.5 Å². The number of carbonyl (C=O) groups excluding carboxylic acids is 2. The van der Waals surface area contributed by atoms with E-state index < -0.39 is 0 Å². The maximum Gasteiger partial charge on any atom is 0.237 e. The van der Waals surface area contributed by atoms with Crippen LogP contribution in [0.15, 0.2) is 58.9 Å². The van der Waals surface area contributed by atoms with Crippen molar-refractivity contribution in [3.05, 3.63) is 66.0 Å². The highest BCUT2D eigenvalue weighted by atomic mass is 32.2. The van der Waals surface area contributed by atoms with Crippen molar-refractivity contribution in [2.75, 3.05) is 4.90 Å². The molecule has 4 aromatic rings. The minimum Gasteiger partial charge on any atom is -0.274 e. The first-order valence-corrected chi connectivity index (χ1v) is 13.0. The molecule has 0 bridgehead atoms. The predicted octanol–water partition coefficient (Wildman–Crippen LogP) is 6.56. The number of halogens is 1. The lowest BCUT2D eigenvalue weighted by Gasteiger charge is -2.19. The number of aromatic nitrogens is 1. The third kappa shape index (κ3) is 3.54. The van der Waals surface area contributed by atoms with Crippen LogP contribution in [0.2, 0.25) is 0 Å². The summed E-state index contributed by atoms with van der Waals surface area (Å²) in [6.07, 6.45) is 3.67. The molecular formula is C26H21FN2O2S2. The zero-order valence-corrected chi connectivity index (χ0v) is 19.4. The lowest BCUT2D eigenvalue weighted by molar-refractivity contribution is -0.122. The number of thioether (sulfide) groups is 1. The van der Waals surface area contributed by atoms with E-state index in [-0.39, 0.29) is 29.5 Å². The van der Waals surface area contributed by atoms with Crippen molar-refractivity contribution in [2.45, 2.75) is 35.8 Å². The van der Waals surface area contributed by atoms with Crippen molar-refractivity contribution in [2.24, 2.45) is 11.8 Å². The summed E-state index contributed by atoms with van der Waals surface area (Å²) < 4.78 is 16.0. The van der Waals surface area contributed by atoms with Gasteiger partial charge in [-0.05, 0) is 48.1 Å². The Hall–Kier alpha value is -2.77. The molecule has 3 aromatic carbocycles. The molecule has 2 aliphatic rings. The van der Waals surface area contributed by atoms with Crippen LogP contribution in [-0.2, 0) is 15.3 Å². The van der Waals surface area contributed by atoms with E-state index in [0.717, 1.165) is 51.2 Å². The van der Waals surface area contributed by atoms with Gasteiger partial charge in [-0.25, -0.2) is 9.37 Å². The Labute approximate surface area is 198 Å². The van der Waals surface area contributed by atoms with E-state index in [1.54, 1.807) is 29.2 Å². The Bertz CT molecular complexity index is 1390. The van der Waals surface area contributed by atoms with Crippen LogP contribution in [-0.4, -0.2) is 16.8 Å². The monoisotopic (exact) mass is 476 g/mol. The molecular weight excluding hydrogens is 455 g/mol. The Morgan fingerprint density at radius 3 is 2.45 bits per heavy atom. The third-order valence-electron chi connectivity index (χ3n) is 6.76. The van der Waals surface area contributed by atoms with Gasteiger partial charge in [-0.1, -0.05) is 54.9 Å². The Kier molecular flexibility index (Phi) is 5.18. The van der Waals surface area contributed by atoms with Crippen molar-refractivity contribution in [3.63, 3.8) is 0 Å². The number of anilines is 1. The number of benzene rings is 3. The number of nitrogens with zero attached hydrogens (tertiary/aromatic N) is 2. The van der Waals surface area contributed by atoms with Crippen molar-refractivity contribution in [1.82, 2.24) is 4.98 Å². The van der Waals surface area contributed by atoms with Gasteiger partial charge in [0.15, 0.2) is 4.34 Å². The number of amides is 2. The molecule has 2 amide bonds. The highest BCUT2D eigenvalue weighted by Gasteiger charge is 2.48. The van der Waals surface area contributed by atoms with Crippen LogP contribution in [0.4, 0.5) is 10.1 Å². The van der Waals surface area contributed by atoms with E-state index >= 15 is 0 Å². The molecule has 0 unspecified atom stereocenters. The average molecular weight is 477 g/mol. The molecule has 0 radical (unpaired) electrons. The van der Waals surface area contributed by atoms with Gasteiger partial charge in [-0.3, -0.25) is 14.5 Å². The Morgan fingerprint density at radius 1 is 0.970 bits per heavy atom. The summed E-state index contributed by atoms with van der Waals surface area (Å²) in [6, 6.07) is 16.5. The SMILES string of the molecule is O=C1[C@H]2CCCC[C@H]2C(=O)N1c1ccc2nc(SCc3ccc(F)c4ccccc34)sc2c1. The van der Waals surface area contributed by atoms with Gasteiger partial charge in [0.1, 0.15) is 5.82 Å². The molecule has 1 aliphatic carbocycles. The van der Waals surface area contributed by atoms with Crippen molar-refractivity contribution >= 4 is 61.6 Å². The molecule has 7 heteroatoms. The first-order valence-electron chi connectivity index (χ1n) is 11.2. The fourth-order valence-electron chi connectivity index (χ4n) is 5.10. The highest BCUT2D eigenvalue weighted by Crippen LogP contribution is 2.41. The van der Waals surface area contributed by atoms with Crippen LogP contribution in [0.25, 0.3) is 21.0 Å². The fraction of sp³-hybridized carbons (Fsp3) is 0.269. The van der Waals surface area contributed by atoms with Gasteiger partial charge in [0.2, 0.25) is 11.8 Å². The summed E-state index contributed by atoms with van der Waals surface area (Å²) >= 11 is 3.17. The molecule has 6 rings (SSSR count). The lowest BCUT2D eigenvalue weighted by atomic mass is 9.81. The average Bonchev–Trinajstić information content (AvgIpc) is 3.36. The number of imide groups is 1. The number of carbonyl (C=O) groups is 2. The first-order chi connectivity index (χ1) is 16.1. The van der Waals surface area contributed by atoms with Crippen molar-refractivity contribution in [1.29, 1.82) is 0 Å². The van der Waals surface area contributed by atoms with Gasteiger partial charge in [0.05, 0.1) is 27.7 Å². The largest absolute Gasteiger partial charge is 0.274 e. The smallest absolute Gasteiger partial charge is 0.237 e. The van der Waals surface area contributed by atoms with Crippen LogP contribution < -0.4 is 4.90 Å². The second-order valence-electron chi connectivity index (χ2n) is 8.68. The van der Waals surface area contributed by atoms with Gasteiger partial charge in [-0.2, -0.15) is 0 Å². The third-order valence-corrected chi connectivity index (χ3v) is 8.97. The molecule has 0 N–H and O–H groups in total. The van der Waals surface area contributed by atoms with E-state index in [0.29, 0.717) is 16.8 Å². The number of rotatable bonds is 4. The maximum atomic E-state index is 14.1. The normalized spacial score (nSPS) is 20.7. The van der Waals surface area contributed by atoms with Gasteiger partial charge in [-0.15, -0.1) is 11.3 Å². The lowest BCUT2D eigenvalue weighted by Crippen LogP contribution is -2.30. The summed E-state index contributed by atoms with van der Waals surface area (Å²) in [4.78, 5) is 32.0. The van der Waals surface area contributed by atoms with Crippen LogP contribution in [0.5, 0.6) is 0 Å². The summed E-state index contributed by atoms with van der Waals surface area (Å²) in [5.41, 5.74) is 2.57. The van der Waals surface area contributed by atoms with Gasteiger partial charge in [0, 0.05) is 11.1 Å². The topological polar surface area (TPSA) is 50.3 Å². The number of thiazole rings is 1. The highest BCUT2D eigenvalue weighted by molar-refractivity contribution is 8.00. The molecule has 1 saturated carbocycles. The second kappa shape index (κ2) is 8.22. The molecule has 1 aromatic heterocycles. The van der Waals surface area contributed by atoms with E-state index in [2.05, 4.69) is 0 Å². The quantitative estimate of drug-likeness (QED) is 0.247.